The van der Waals surface area contributed by atoms with Gasteiger partial charge < -0.3 is 9.97 Å². The van der Waals surface area contributed by atoms with Gasteiger partial charge in [-0.15, -0.1) is 42.0 Å². The van der Waals surface area contributed by atoms with Crippen LogP contribution in [0.15, 0.2) is 104 Å². The number of pyridine rings is 3. The minimum atomic E-state index is -0.00159. The Morgan fingerprint density at radius 3 is 2.15 bits per heavy atom. The molecular weight excluding hydrogens is 595 g/mol. The van der Waals surface area contributed by atoms with Gasteiger partial charge in [0.05, 0.1) is 0 Å². The molecule has 0 saturated carbocycles. The van der Waals surface area contributed by atoms with Crippen LogP contribution in [-0.2, 0) is 25.5 Å². The van der Waals surface area contributed by atoms with E-state index in [1.807, 2.05) is 60.8 Å². The molecule has 0 atom stereocenters. The van der Waals surface area contributed by atoms with Crippen LogP contribution >= 0.6 is 0 Å². The molecule has 1 aliphatic carbocycles. The Labute approximate surface area is 214 Å². The smallest absolute Gasteiger partial charge is 0.0207 e. The fourth-order valence-corrected chi connectivity index (χ4v) is 4.26. The number of benzene rings is 2. The summed E-state index contributed by atoms with van der Waals surface area (Å²) in [5.74, 6) is 0. The van der Waals surface area contributed by atoms with E-state index in [2.05, 4.69) is 71.3 Å². The summed E-state index contributed by atoms with van der Waals surface area (Å²) in [4.78, 5) is 13.2. The molecule has 6 rings (SSSR count). The van der Waals surface area contributed by atoms with Gasteiger partial charge in [-0.25, -0.2) is 0 Å². The second-order valence-corrected chi connectivity index (χ2v) is 8.41. The molecule has 34 heavy (non-hydrogen) atoms. The van der Waals surface area contributed by atoms with E-state index in [1.165, 1.54) is 22.3 Å². The first-order valence-electron chi connectivity index (χ1n) is 11.0. The molecule has 0 saturated heterocycles. The Morgan fingerprint density at radius 2 is 1.41 bits per heavy atom. The normalized spacial score (nSPS) is 12.4. The van der Waals surface area contributed by atoms with Crippen LogP contribution in [0.25, 0.3) is 33.8 Å². The van der Waals surface area contributed by atoms with E-state index in [0.29, 0.717) is 0 Å². The van der Waals surface area contributed by atoms with Crippen LogP contribution in [0.4, 0.5) is 0 Å². The zero-order valence-corrected chi connectivity index (χ0v) is 21.4. The van der Waals surface area contributed by atoms with Gasteiger partial charge in [0.15, 0.2) is 0 Å². The van der Waals surface area contributed by atoms with Crippen LogP contribution < -0.4 is 0 Å². The van der Waals surface area contributed by atoms with E-state index >= 15 is 0 Å². The Hall–Kier alpha value is -3.46. The third-order valence-electron chi connectivity index (χ3n) is 5.97. The van der Waals surface area contributed by atoms with Gasteiger partial charge in [-0.1, -0.05) is 56.3 Å². The monoisotopic (exact) mass is 618 g/mol. The zero-order valence-electron chi connectivity index (χ0n) is 19.0. The molecule has 0 N–H and O–H groups in total. The van der Waals surface area contributed by atoms with E-state index in [1.54, 1.807) is 12.4 Å². The predicted octanol–water partition coefficient (Wildman–Crippen LogP) is 6.80. The van der Waals surface area contributed by atoms with Crippen LogP contribution in [0.3, 0.4) is 0 Å². The van der Waals surface area contributed by atoms with Crippen LogP contribution in [0.2, 0.25) is 0 Å². The van der Waals surface area contributed by atoms with Crippen LogP contribution in [-0.4, -0.2) is 15.0 Å². The second-order valence-electron chi connectivity index (χ2n) is 8.41. The third kappa shape index (κ3) is 4.61. The first-order chi connectivity index (χ1) is 16.1. The first-order valence-corrected chi connectivity index (χ1v) is 11.0. The molecule has 0 bridgehead atoms. The molecule has 3 heterocycles. The van der Waals surface area contributed by atoms with Crippen molar-refractivity contribution in [3.05, 3.63) is 127 Å². The van der Waals surface area contributed by atoms with Crippen LogP contribution in [0.1, 0.15) is 25.0 Å². The maximum atomic E-state index is 4.59. The van der Waals surface area contributed by atoms with Gasteiger partial charge in [0, 0.05) is 43.5 Å². The summed E-state index contributed by atoms with van der Waals surface area (Å²) >= 11 is 0. The molecule has 2 aromatic carbocycles. The van der Waals surface area contributed by atoms with Crippen molar-refractivity contribution in [2.75, 3.05) is 0 Å². The van der Waals surface area contributed by atoms with Gasteiger partial charge >= 0.3 is 0 Å². The molecule has 3 nitrogen and oxygen atoms in total. The predicted molar refractivity (Wildman–Crippen MR) is 132 cm³/mol. The van der Waals surface area contributed by atoms with Gasteiger partial charge in [0.25, 0.3) is 0 Å². The Balaban J connectivity index is 0.000000180. The van der Waals surface area contributed by atoms with E-state index < -0.39 is 0 Å². The van der Waals surface area contributed by atoms with Gasteiger partial charge in [0.1, 0.15) is 0 Å². The fraction of sp³-hybridized carbons (Fsp3) is 0.100. The second kappa shape index (κ2) is 10.2. The molecule has 5 aromatic rings. The third-order valence-corrected chi connectivity index (χ3v) is 5.97. The van der Waals surface area contributed by atoms with E-state index in [4.69, 9.17) is 0 Å². The Kier molecular flexibility index (Phi) is 7.11. The van der Waals surface area contributed by atoms with Gasteiger partial charge in [0.2, 0.25) is 0 Å². The zero-order chi connectivity index (χ0) is 22.7. The summed E-state index contributed by atoms with van der Waals surface area (Å²) in [7, 11) is 0. The number of hydrogen-bond acceptors (Lipinski definition) is 3. The van der Waals surface area contributed by atoms with E-state index in [0.717, 1.165) is 22.6 Å². The Morgan fingerprint density at radius 1 is 0.647 bits per heavy atom. The standard InChI is InChI=1S/C19H15N2.C11H8N.Ir/c1-19(2)15-8-4-3-7-13(15)14-12-21-18(11-16(14)19)17-9-5-6-10-20-17;1-2-6-10(7-3-1)11-8-4-5-9-12-11;/h3-8,10-12H,1-2H3;1-6,8-9H;/q2*-1;. The number of aromatic nitrogens is 3. The van der Waals surface area contributed by atoms with Crippen molar-refractivity contribution >= 4 is 0 Å². The number of rotatable bonds is 2. The summed E-state index contributed by atoms with van der Waals surface area (Å²) in [5.41, 5.74) is 8.89. The molecule has 0 spiro atoms. The van der Waals surface area contributed by atoms with Gasteiger partial charge in [-0.2, -0.15) is 12.1 Å². The maximum absolute atomic E-state index is 4.59. The fourth-order valence-electron chi connectivity index (χ4n) is 4.26. The van der Waals surface area contributed by atoms with Gasteiger partial charge in [-0.3, -0.25) is 4.98 Å². The maximum Gasteiger partial charge on any atom is 0.0207 e. The largest absolute Gasteiger partial charge is 0.317 e. The number of nitrogens with zero attached hydrogens (tertiary/aromatic N) is 3. The summed E-state index contributed by atoms with van der Waals surface area (Å²) in [6.45, 7) is 4.53. The van der Waals surface area contributed by atoms with Crippen molar-refractivity contribution in [3.8, 4) is 33.8 Å². The average Bonchev–Trinajstić information content (AvgIpc) is 3.12. The summed E-state index contributed by atoms with van der Waals surface area (Å²) in [5, 5.41) is 0. The molecule has 1 aliphatic rings. The van der Waals surface area contributed by atoms with Crippen LogP contribution in [0.5, 0.6) is 0 Å². The molecule has 4 heteroatoms. The first kappa shape index (κ1) is 23.7. The molecule has 0 aliphatic heterocycles. The summed E-state index contributed by atoms with van der Waals surface area (Å²) < 4.78 is 0. The van der Waals surface area contributed by atoms with Crippen molar-refractivity contribution in [1.29, 1.82) is 0 Å². The summed E-state index contributed by atoms with van der Waals surface area (Å²) in [6, 6.07) is 34.5. The molecule has 3 aromatic heterocycles. The Bertz CT molecular complexity index is 1330. The topological polar surface area (TPSA) is 38.7 Å². The van der Waals surface area contributed by atoms with Crippen molar-refractivity contribution in [1.82, 2.24) is 15.0 Å². The molecule has 1 radical (unpaired) electrons. The van der Waals surface area contributed by atoms with E-state index in [-0.39, 0.29) is 25.5 Å². The molecule has 0 fully saturated rings. The summed E-state index contributed by atoms with van der Waals surface area (Å²) in [6.07, 6.45) is 5.54. The van der Waals surface area contributed by atoms with Crippen molar-refractivity contribution in [3.63, 3.8) is 0 Å². The average molecular weight is 618 g/mol. The molecule has 0 amide bonds. The molecular formula is C30H23IrN3-2. The number of fused-ring (bicyclic) bond motifs is 3. The van der Waals surface area contributed by atoms with E-state index in [9.17, 15) is 0 Å². The molecule has 0 unspecified atom stereocenters. The number of hydrogen-bond donors (Lipinski definition) is 0. The van der Waals surface area contributed by atoms with Crippen molar-refractivity contribution in [2.24, 2.45) is 0 Å². The minimum Gasteiger partial charge on any atom is -0.317 e. The molecule has 169 valence electrons. The quantitative estimate of drug-likeness (QED) is 0.205. The minimum absolute atomic E-state index is 0. The van der Waals surface area contributed by atoms with Crippen molar-refractivity contribution in [2.45, 2.75) is 19.3 Å². The van der Waals surface area contributed by atoms with Gasteiger partial charge in [-0.05, 0) is 46.0 Å². The SMILES string of the molecule is CC1(C)c2ccccc2-c2cnc(-c3[c-]cccn3)cc21.[Ir].[c-]1ccccc1-c1ccccn1. The van der Waals surface area contributed by atoms with Crippen molar-refractivity contribution < 1.29 is 20.1 Å². The van der Waals surface area contributed by atoms with Crippen LogP contribution in [0, 0.1) is 12.1 Å².